The molecule has 2 saturated heterocycles. The minimum absolute atomic E-state index is 0.257. The topological polar surface area (TPSA) is 52.6 Å². The summed E-state index contributed by atoms with van der Waals surface area (Å²) in [5.74, 6) is 0.151. The number of carbonyl (C=O) groups is 1. The average molecular weight is 374 g/mol. The Morgan fingerprint density at radius 2 is 1.88 bits per heavy atom. The second-order valence-corrected chi connectivity index (χ2v) is 8.32. The molecule has 4 nitrogen and oxygen atoms in total. The summed E-state index contributed by atoms with van der Waals surface area (Å²) in [5.41, 5.74) is 1.97. The lowest BCUT2D eigenvalue weighted by atomic mass is 9.92. The molecule has 0 saturated carbocycles. The number of fused-ring (bicyclic) bond motifs is 2. The van der Waals surface area contributed by atoms with Gasteiger partial charge in [0.2, 0.25) is 0 Å². The number of nitrogens with one attached hydrogen (secondary N) is 1. The molecule has 3 heterocycles. The number of amides is 1. The first-order valence-corrected chi connectivity index (χ1v) is 10.0. The molecule has 2 atom stereocenters. The van der Waals surface area contributed by atoms with Gasteiger partial charge in [-0.25, -0.2) is 9.18 Å². The van der Waals surface area contributed by atoms with E-state index in [-0.39, 0.29) is 5.82 Å². The van der Waals surface area contributed by atoms with E-state index in [4.69, 9.17) is 0 Å². The van der Waals surface area contributed by atoms with Crippen LogP contribution in [-0.4, -0.2) is 29.8 Å². The number of benzene rings is 1. The fraction of sp³-hybridized carbons (Fsp3) is 0.450. The van der Waals surface area contributed by atoms with Gasteiger partial charge in [0.25, 0.3) is 0 Å². The Hall–Kier alpha value is -1.92. The molecule has 1 aromatic carbocycles. The Labute approximate surface area is 156 Å². The minimum atomic E-state index is -0.890. The number of anilines is 1. The maximum Gasteiger partial charge on any atom is 0.412 e. The summed E-state index contributed by atoms with van der Waals surface area (Å²) < 4.78 is 13.1. The molecule has 2 N–H and O–H groups in total. The quantitative estimate of drug-likeness (QED) is 0.811. The molecule has 2 bridgehead atoms. The Kier molecular flexibility index (Phi) is 4.96. The van der Waals surface area contributed by atoms with Crippen LogP contribution in [0.25, 0.3) is 0 Å². The fourth-order valence-corrected chi connectivity index (χ4v) is 5.28. The van der Waals surface area contributed by atoms with Crippen molar-refractivity contribution in [1.82, 2.24) is 5.32 Å². The predicted octanol–water partition coefficient (Wildman–Crippen LogP) is 4.49. The van der Waals surface area contributed by atoms with Crippen LogP contribution in [0.15, 0.2) is 35.7 Å². The second-order valence-electron chi connectivity index (χ2n) is 7.42. The van der Waals surface area contributed by atoms with Crippen molar-refractivity contribution in [2.45, 2.75) is 44.2 Å². The summed E-state index contributed by atoms with van der Waals surface area (Å²) in [6.07, 6.45) is 4.25. The van der Waals surface area contributed by atoms with Crippen molar-refractivity contribution in [2.75, 3.05) is 11.4 Å². The van der Waals surface area contributed by atoms with Crippen LogP contribution in [0.3, 0.4) is 0 Å². The third-order valence-corrected chi connectivity index (χ3v) is 6.50. The Bertz CT molecular complexity index is 764. The third kappa shape index (κ3) is 3.76. The Morgan fingerprint density at radius 3 is 2.54 bits per heavy atom. The molecule has 1 aromatic heterocycles. The SMILES string of the molecule is O=C(O)N(CC1CC2CCC(C1)N2)c1sccc1Cc1ccc(F)cc1. The maximum atomic E-state index is 13.1. The average Bonchev–Trinajstić information content (AvgIpc) is 3.20. The van der Waals surface area contributed by atoms with E-state index < -0.39 is 6.09 Å². The molecule has 2 unspecified atom stereocenters. The van der Waals surface area contributed by atoms with E-state index in [2.05, 4.69) is 5.32 Å². The standard InChI is InChI=1S/C20H23FN2O2S/c21-16-3-1-13(2-4-16)9-15-7-8-26-19(15)23(20(24)25)12-14-10-17-5-6-18(11-14)22-17/h1-4,7-8,14,17-18,22H,5-6,9-12H2,(H,24,25). The highest BCUT2D eigenvalue weighted by Crippen LogP contribution is 2.35. The molecule has 26 heavy (non-hydrogen) atoms. The second kappa shape index (κ2) is 7.37. The van der Waals surface area contributed by atoms with Crippen molar-refractivity contribution in [3.05, 3.63) is 52.7 Å². The lowest BCUT2D eigenvalue weighted by Crippen LogP contribution is -2.43. The van der Waals surface area contributed by atoms with E-state index in [1.807, 2.05) is 11.4 Å². The molecule has 2 fully saturated rings. The van der Waals surface area contributed by atoms with Gasteiger partial charge in [0.05, 0.1) is 0 Å². The normalized spacial score (nSPS) is 24.6. The van der Waals surface area contributed by atoms with Gasteiger partial charge in [-0.3, -0.25) is 4.90 Å². The van der Waals surface area contributed by atoms with E-state index >= 15 is 0 Å². The van der Waals surface area contributed by atoms with Crippen LogP contribution in [0.4, 0.5) is 14.2 Å². The zero-order valence-corrected chi connectivity index (χ0v) is 15.3. The number of carboxylic acid groups (broad SMARTS) is 1. The highest BCUT2D eigenvalue weighted by molar-refractivity contribution is 7.14. The first-order valence-electron chi connectivity index (χ1n) is 9.16. The highest BCUT2D eigenvalue weighted by Gasteiger charge is 2.35. The van der Waals surface area contributed by atoms with Crippen molar-refractivity contribution >= 4 is 22.4 Å². The van der Waals surface area contributed by atoms with Crippen molar-refractivity contribution in [3.8, 4) is 0 Å². The molecule has 0 spiro atoms. The van der Waals surface area contributed by atoms with Crippen LogP contribution in [0, 0.1) is 11.7 Å². The van der Waals surface area contributed by atoms with Crippen molar-refractivity contribution in [3.63, 3.8) is 0 Å². The minimum Gasteiger partial charge on any atom is -0.465 e. The molecule has 2 aliphatic rings. The van der Waals surface area contributed by atoms with Crippen molar-refractivity contribution in [1.29, 1.82) is 0 Å². The number of halogens is 1. The lowest BCUT2D eigenvalue weighted by molar-refractivity contribution is 0.198. The van der Waals surface area contributed by atoms with Gasteiger partial charge in [-0.05, 0) is 66.3 Å². The van der Waals surface area contributed by atoms with Gasteiger partial charge in [-0.1, -0.05) is 12.1 Å². The van der Waals surface area contributed by atoms with Crippen molar-refractivity contribution < 1.29 is 14.3 Å². The van der Waals surface area contributed by atoms with Gasteiger partial charge in [0, 0.05) is 25.0 Å². The molecule has 0 radical (unpaired) electrons. The number of nitrogens with zero attached hydrogens (tertiary/aromatic N) is 1. The fourth-order valence-electron chi connectivity index (χ4n) is 4.35. The number of rotatable bonds is 5. The molecular weight excluding hydrogens is 351 g/mol. The molecule has 2 aromatic rings. The molecule has 138 valence electrons. The van der Waals surface area contributed by atoms with E-state index in [0.29, 0.717) is 31.0 Å². The van der Waals surface area contributed by atoms with E-state index in [9.17, 15) is 14.3 Å². The first-order chi connectivity index (χ1) is 12.6. The first kappa shape index (κ1) is 17.5. The molecule has 0 aliphatic carbocycles. The number of hydrogen-bond donors (Lipinski definition) is 2. The van der Waals surface area contributed by atoms with Gasteiger partial charge in [0.1, 0.15) is 10.8 Å². The largest absolute Gasteiger partial charge is 0.465 e. The van der Waals surface area contributed by atoms with Crippen LogP contribution >= 0.6 is 11.3 Å². The van der Waals surface area contributed by atoms with Gasteiger partial charge >= 0.3 is 6.09 Å². The summed E-state index contributed by atoms with van der Waals surface area (Å²) in [7, 11) is 0. The van der Waals surface area contributed by atoms with Gasteiger partial charge < -0.3 is 10.4 Å². The zero-order chi connectivity index (χ0) is 18.1. The van der Waals surface area contributed by atoms with Gasteiger partial charge in [0.15, 0.2) is 0 Å². The van der Waals surface area contributed by atoms with Gasteiger partial charge in [-0.2, -0.15) is 0 Å². The lowest BCUT2D eigenvalue weighted by Gasteiger charge is -2.32. The number of thiophene rings is 1. The van der Waals surface area contributed by atoms with Gasteiger partial charge in [-0.15, -0.1) is 11.3 Å². The Balaban J connectivity index is 1.51. The van der Waals surface area contributed by atoms with E-state index in [0.717, 1.165) is 29.0 Å². The zero-order valence-electron chi connectivity index (χ0n) is 14.5. The summed E-state index contributed by atoms with van der Waals surface area (Å²) in [6.45, 7) is 0.556. The molecule has 2 aliphatic heterocycles. The van der Waals surface area contributed by atoms with Crippen LogP contribution in [0.1, 0.15) is 36.8 Å². The summed E-state index contributed by atoms with van der Waals surface area (Å²) in [4.78, 5) is 13.5. The summed E-state index contributed by atoms with van der Waals surface area (Å²) in [5, 5.41) is 16.2. The molecule has 6 heteroatoms. The van der Waals surface area contributed by atoms with Crippen LogP contribution in [0.5, 0.6) is 0 Å². The molecule has 4 rings (SSSR count). The van der Waals surface area contributed by atoms with Crippen LogP contribution < -0.4 is 10.2 Å². The smallest absolute Gasteiger partial charge is 0.412 e. The molecular formula is C20H23FN2O2S. The van der Waals surface area contributed by atoms with E-state index in [1.165, 1.54) is 41.2 Å². The maximum absolute atomic E-state index is 13.1. The molecule has 1 amide bonds. The predicted molar refractivity (Wildman–Crippen MR) is 102 cm³/mol. The number of piperidine rings is 1. The highest BCUT2D eigenvalue weighted by atomic mass is 32.1. The summed E-state index contributed by atoms with van der Waals surface area (Å²) >= 11 is 1.47. The monoisotopic (exact) mass is 374 g/mol. The number of hydrogen-bond acceptors (Lipinski definition) is 3. The summed E-state index contributed by atoms with van der Waals surface area (Å²) in [6, 6.07) is 9.49. The van der Waals surface area contributed by atoms with Crippen LogP contribution in [0.2, 0.25) is 0 Å². The third-order valence-electron chi connectivity index (χ3n) is 5.52. The van der Waals surface area contributed by atoms with Crippen molar-refractivity contribution in [2.24, 2.45) is 5.92 Å². The Morgan fingerprint density at radius 1 is 1.19 bits per heavy atom. The van der Waals surface area contributed by atoms with E-state index in [1.54, 1.807) is 12.1 Å². The van der Waals surface area contributed by atoms with Crippen LogP contribution in [-0.2, 0) is 6.42 Å².